The lowest BCUT2D eigenvalue weighted by molar-refractivity contribution is 0.219. The second kappa shape index (κ2) is 6.55. The highest BCUT2D eigenvalue weighted by Gasteiger charge is 2.35. The molecule has 1 heterocycles. The Hall–Kier alpha value is -0.780. The maximum Gasteiger partial charge on any atom is 0.247 e. The summed E-state index contributed by atoms with van der Waals surface area (Å²) in [4.78, 5) is 0.213. The van der Waals surface area contributed by atoms with Crippen LogP contribution in [-0.4, -0.2) is 32.4 Å². The van der Waals surface area contributed by atoms with Crippen LogP contribution >= 0.6 is 11.6 Å². The predicted octanol–water partition coefficient (Wildman–Crippen LogP) is 3.24. The lowest BCUT2D eigenvalue weighted by Gasteiger charge is -2.35. The van der Waals surface area contributed by atoms with E-state index < -0.39 is 10.0 Å². The smallest absolute Gasteiger partial charge is 0.247 e. The third-order valence-electron chi connectivity index (χ3n) is 4.05. The Morgan fingerprint density at radius 1 is 1.38 bits per heavy atom. The van der Waals surface area contributed by atoms with E-state index in [2.05, 4.69) is 6.92 Å². The van der Waals surface area contributed by atoms with Crippen LogP contribution in [0.15, 0.2) is 23.1 Å². The van der Waals surface area contributed by atoms with Crippen molar-refractivity contribution in [1.82, 2.24) is 4.31 Å². The molecule has 0 N–H and O–H groups in total. The molecule has 1 saturated heterocycles. The van der Waals surface area contributed by atoms with Crippen molar-refractivity contribution >= 4 is 21.6 Å². The second-order valence-corrected chi connectivity index (χ2v) is 7.84. The SMILES string of the molecule is COc1ccc(CCl)cc1S(=O)(=O)N1CCC(C)CC1C. The number of ether oxygens (including phenoxy) is 1. The molecular formula is C15H22ClNO3S. The fourth-order valence-corrected chi connectivity index (χ4v) is 4.91. The van der Waals surface area contributed by atoms with E-state index in [1.165, 1.54) is 7.11 Å². The number of sulfonamides is 1. The molecule has 118 valence electrons. The summed E-state index contributed by atoms with van der Waals surface area (Å²) in [6.07, 6.45) is 1.78. The van der Waals surface area contributed by atoms with Crippen molar-refractivity contribution in [2.24, 2.45) is 5.92 Å². The minimum atomic E-state index is -3.56. The Morgan fingerprint density at radius 3 is 2.67 bits per heavy atom. The van der Waals surface area contributed by atoms with E-state index in [0.717, 1.165) is 18.4 Å². The molecule has 0 saturated carbocycles. The minimum Gasteiger partial charge on any atom is -0.495 e. The van der Waals surface area contributed by atoms with Crippen LogP contribution in [0.3, 0.4) is 0 Å². The summed E-state index contributed by atoms with van der Waals surface area (Å²) in [5.74, 6) is 1.20. The molecule has 1 fully saturated rings. The third-order valence-corrected chi connectivity index (χ3v) is 6.39. The molecule has 0 amide bonds. The number of alkyl halides is 1. The van der Waals surface area contributed by atoms with Crippen molar-refractivity contribution in [2.45, 2.75) is 43.5 Å². The molecule has 2 atom stereocenters. The van der Waals surface area contributed by atoms with Gasteiger partial charge in [0, 0.05) is 18.5 Å². The van der Waals surface area contributed by atoms with Crippen LogP contribution in [0.5, 0.6) is 5.75 Å². The average Bonchev–Trinajstić information content (AvgIpc) is 2.46. The predicted molar refractivity (Wildman–Crippen MR) is 84.3 cm³/mol. The van der Waals surface area contributed by atoms with Gasteiger partial charge in [-0.1, -0.05) is 13.0 Å². The van der Waals surface area contributed by atoms with Gasteiger partial charge >= 0.3 is 0 Å². The molecule has 1 aliphatic heterocycles. The molecule has 0 bridgehead atoms. The number of piperidine rings is 1. The normalized spacial score (nSPS) is 24.0. The van der Waals surface area contributed by atoms with Gasteiger partial charge in [-0.2, -0.15) is 4.31 Å². The largest absolute Gasteiger partial charge is 0.495 e. The van der Waals surface area contributed by atoms with E-state index in [9.17, 15) is 8.42 Å². The molecule has 0 aromatic heterocycles. The number of nitrogens with zero attached hydrogens (tertiary/aromatic N) is 1. The van der Waals surface area contributed by atoms with Crippen molar-refractivity contribution in [3.8, 4) is 5.75 Å². The van der Waals surface area contributed by atoms with Crippen molar-refractivity contribution in [3.63, 3.8) is 0 Å². The highest BCUT2D eigenvalue weighted by molar-refractivity contribution is 7.89. The Morgan fingerprint density at radius 2 is 2.10 bits per heavy atom. The first kappa shape index (κ1) is 16.6. The van der Waals surface area contributed by atoms with E-state index in [1.807, 2.05) is 6.92 Å². The van der Waals surface area contributed by atoms with Crippen molar-refractivity contribution < 1.29 is 13.2 Å². The first-order valence-electron chi connectivity index (χ1n) is 7.15. The molecule has 1 aromatic rings. The van der Waals surface area contributed by atoms with Crippen LogP contribution in [0.1, 0.15) is 32.3 Å². The van der Waals surface area contributed by atoms with E-state index in [1.54, 1.807) is 22.5 Å². The Kier molecular flexibility index (Phi) is 5.17. The van der Waals surface area contributed by atoms with Gasteiger partial charge in [0.25, 0.3) is 0 Å². The van der Waals surface area contributed by atoms with Crippen LogP contribution in [0.4, 0.5) is 0 Å². The summed E-state index contributed by atoms with van der Waals surface area (Å²) in [7, 11) is -2.08. The van der Waals surface area contributed by atoms with Gasteiger partial charge in [0.2, 0.25) is 10.0 Å². The van der Waals surface area contributed by atoms with Crippen LogP contribution in [-0.2, 0) is 15.9 Å². The van der Waals surface area contributed by atoms with Gasteiger partial charge < -0.3 is 4.74 Å². The number of hydrogen-bond donors (Lipinski definition) is 0. The van der Waals surface area contributed by atoms with Gasteiger partial charge in [-0.15, -0.1) is 11.6 Å². The lowest BCUT2D eigenvalue weighted by atomic mass is 9.95. The summed E-state index contributed by atoms with van der Waals surface area (Å²) in [6, 6.07) is 5.07. The topological polar surface area (TPSA) is 46.6 Å². The van der Waals surface area contributed by atoms with Gasteiger partial charge in [0.1, 0.15) is 10.6 Å². The third kappa shape index (κ3) is 3.35. The highest BCUT2D eigenvalue weighted by Crippen LogP contribution is 2.33. The molecule has 0 spiro atoms. The number of rotatable bonds is 4. The minimum absolute atomic E-state index is 0.00288. The fraction of sp³-hybridized carbons (Fsp3) is 0.600. The summed E-state index contributed by atoms with van der Waals surface area (Å²) in [6.45, 7) is 4.68. The van der Waals surface area contributed by atoms with E-state index >= 15 is 0 Å². The Labute approximate surface area is 132 Å². The molecule has 0 aliphatic carbocycles. The quantitative estimate of drug-likeness (QED) is 0.796. The van der Waals surface area contributed by atoms with Crippen LogP contribution in [0, 0.1) is 5.92 Å². The summed E-state index contributed by atoms with van der Waals surface area (Å²) in [5, 5.41) is 0. The zero-order chi connectivity index (χ0) is 15.6. The Balaban J connectivity index is 2.43. The second-order valence-electron chi connectivity index (χ2n) is 5.71. The monoisotopic (exact) mass is 331 g/mol. The number of benzene rings is 1. The maximum atomic E-state index is 13.0. The molecule has 2 unspecified atom stereocenters. The van der Waals surface area contributed by atoms with Gasteiger partial charge in [-0.3, -0.25) is 0 Å². The molecule has 0 radical (unpaired) electrons. The molecular weight excluding hydrogens is 310 g/mol. The molecule has 2 rings (SSSR count). The van der Waals surface area contributed by atoms with Gasteiger partial charge in [-0.25, -0.2) is 8.42 Å². The molecule has 1 aromatic carbocycles. The van der Waals surface area contributed by atoms with Crippen molar-refractivity contribution in [2.75, 3.05) is 13.7 Å². The maximum absolute atomic E-state index is 13.0. The molecule has 4 nitrogen and oxygen atoms in total. The first-order valence-corrected chi connectivity index (χ1v) is 9.12. The summed E-state index contributed by atoms with van der Waals surface area (Å²) in [5.41, 5.74) is 0.772. The van der Waals surface area contributed by atoms with Crippen LogP contribution in [0.2, 0.25) is 0 Å². The van der Waals surface area contributed by atoms with E-state index in [4.69, 9.17) is 16.3 Å². The van der Waals surface area contributed by atoms with Crippen LogP contribution < -0.4 is 4.74 Å². The van der Waals surface area contributed by atoms with E-state index in [-0.39, 0.29) is 16.8 Å². The molecule has 6 heteroatoms. The van der Waals surface area contributed by atoms with Crippen LogP contribution in [0.25, 0.3) is 0 Å². The van der Waals surface area contributed by atoms with Gasteiger partial charge in [0.15, 0.2) is 0 Å². The zero-order valence-electron chi connectivity index (χ0n) is 12.7. The van der Waals surface area contributed by atoms with Crippen molar-refractivity contribution in [3.05, 3.63) is 23.8 Å². The van der Waals surface area contributed by atoms with Gasteiger partial charge in [0.05, 0.1) is 7.11 Å². The molecule has 1 aliphatic rings. The first-order chi connectivity index (χ1) is 9.90. The lowest BCUT2D eigenvalue weighted by Crippen LogP contribution is -2.44. The molecule has 21 heavy (non-hydrogen) atoms. The zero-order valence-corrected chi connectivity index (χ0v) is 14.2. The fourth-order valence-electron chi connectivity index (χ4n) is 2.87. The number of halogens is 1. The standard InChI is InChI=1S/C15H22ClNO3S/c1-11-6-7-17(12(2)8-11)21(18,19)15-9-13(10-16)4-5-14(15)20-3/h4-5,9,11-12H,6-8,10H2,1-3H3. The average molecular weight is 332 g/mol. The van der Waals surface area contributed by atoms with Crippen molar-refractivity contribution in [1.29, 1.82) is 0 Å². The highest BCUT2D eigenvalue weighted by atomic mass is 35.5. The summed E-state index contributed by atoms with van der Waals surface area (Å²) >= 11 is 5.83. The summed E-state index contributed by atoms with van der Waals surface area (Å²) < 4.78 is 32.7. The van der Waals surface area contributed by atoms with Gasteiger partial charge in [-0.05, 0) is 43.4 Å². The van der Waals surface area contributed by atoms with E-state index in [0.29, 0.717) is 18.2 Å². The Bertz CT molecular complexity index is 603. The number of methoxy groups -OCH3 is 1. The number of hydrogen-bond acceptors (Lipinski definition) is 3.